The Morgan fingerprint density at radius 2 is 2.13 bits per heavy atom. The molecule has 1 aromatic heterocycles. The van der Waals surface area contributed by atoms with Crippen molar-refractivity contribution in [3.8, 4) is 5.88 Å². The Labute approximate surface area is 136 Å². The maximum atomic E-state index is 11.9. The van der Waals surface area contributed by atoms with Gasteiger partial charge < -0.3 is 20.1 Å². The molecule has 1 aromatic rings. The van der Waals surface area contributed by atoms with Gasteiger partial charge in [0.15, 0.2) is 0 Å². The molecule has 23 heavy (non-hydrogen) atoms. The molecular formula is C16H24N4O3. The van der Waals surface area contributed by atoms with Crippen LogP contribution in [0, 0.1) is 5.92 Å². The van der Waals surface area contributed by atoms with Crippen LogP contribution in [0.2, 0.25) is 0 Å². The van der Waals surface area contributed by atoms with E-state index >= 15 is 0 Å². The Morgan fingerprint density at radius 1 is 1.39 bits per heavy atom. The highest BCUT2D eigenvalue weighted by Gasteiger charge is 2.33. The second kappa shape index (κ2) is 7.12. The number of amides is 1. The first kappa shape index (κ1) is 16.0. The van der Waals surface area contributed by atoms with E-state index in [1.807, 2.05) is 13.0 Å². The Hall–Kier alpha value is -1.89. The fourth-order valence-corrected chi connectivity index (χ4v) is 2.90. The maximum absolute atomic E-state index is 11.9. The van der Waals surface area contributed by atoms with Gasteiger partial charge in [-0.1, -0.05) is 0 Å². The molecule has 0 unspecified atom stereocenters. The summed E-state index contributed by atoms with van der Waals surface area (Å²) in [5.41, 5.74) is 0. The van der Waals surface area contributed by atoms with Crippen molar-refractivity contribution in [2.75, 3.05) is 24.6 Å². The van der Waals surface area contributed by atoms with Crippen molar-refractivity contribution in [2.24, 2.45) is 5.92 Å². The highest BCUT2D eigenvalue weighted by Crippen LogP contribution is 2.26. The van der Waals surface area contributed by atoms with Gasteiger partial charge in [-0.3, -0.25) is 4.79 Å². The maximum Gasteiger partial charge on any atom is 0.249 e. The summed E-state index contributed by atoms with van der Waals surface area (Å²) in [6.07, 6.45) is 4.21. The molecular weight excluding hydrogens is 296 g/mol. The Balaban J connectivity index is 1.53. The van der Waals surface area contributed by atoms with E-state index in [0.29, 0.717) is 12.5 Å². The van der Waals surface area contributed by atoms with E-state index in [1.54, 1.807) is 0 Å². The molecule has 2 aliphatic rings. The monoisotopic (exact) mass is 320 g/mol. The first-order chi connectivity index (χ1) is 11.2. The van der Waals surface area contributed by atoms with E-state index in [2.05, 4.69) is 20.2 Å². The molecule has 7 heteroatoms. The van der Waals surface area contributed by atoms with Crippen molar-refractivity contribution in [1.29, 1.82) is 0 Å². The molecule has 1 aliphatic heterocycles. The second-order valence-electron chi connectivity index (χ2n) is 6.20. The average molecular weight is 320 g/mol. The van der Waals surface area contributed by atoms with Crippen molar-refractivity contribution in [1.82, 2.24) is 15.3 Å². The van der Waals surface area contributed by atoms with Crippen LogP contribution >= 0.6 is 0 Å². The smallest absolute Gasteiger partial charge is 0.249 e. The third-order valence-electron chi connectivity index (χ3n) is 4.42. The third-order valence-corrected chi connectivity index (χ3v) is 4.42. The highest BCUT2D eigenvalue weighted by molar-refractivity contribution is 5.81. The average Bonchev–Trinajstić information content (AvgIpc) is 3.39. The molecule has 2 fully saturated rings. The minimum absolute atomic E-state index is 0.0122. The van der Waals surface area contributed by atoms with Crippen molar-refractivity contribution in [3.05, 3.63) is 12.4 Å². The van der Waals surface area contributed by atoms with Gasteiger partial charge in [0.2, 0.25) is 11.8 Å². The van der Waals surface area contributed by atoms with Gasteiger partial charge in [-0.05, 0) is 38.5 Å². The number of nitrogens with zero attached hydrogens (tertiary/aromatic N) is 3. The number of hydrogen-bond acceptors (Lipinski definition) is 6. The number of aliphatic hydroxyl groups is 1. The molecule has 2 heterocycles. The van der Waals surface area contributed by atoms with Gasteiger partial charge in [0.05, 0.1) is 6.61 Å². The minimum atomic E-state index is -0.901. The zero-order valence-electron chi connectivity index (χ0n) is 13.4. The van der Waals surface area contributed by atoms with Crippen molar-refractivity contribution >= 4 is 11.7 Å². The Bertz CT molecular complexity index is 542. The lowest BCUT2D eigenvalue weighted by Gasteiger charge is -2.34. The normalized spacial score (nSPS) is 20.2. The number of aliphatic hydroxyl groups excluding tert-OH is 1. The number of nitrogens with one attached hydrogen (secondary N) is 1. The summed E-state index contributed by atoms with van der Waals surface area (Å²) in [7, 11) is 0. The minimum Gasteiger partial charge on any atom is -0.478 e. The van der Waals surface area contributed by atoms with E-state index < -0.39 is 6.10 Å². The van der Waals surface area contributed by atoms with Crippen molar-refractivity contribution in [3.63, 3.8) is 0 Å². The van der Waals surface area contributed by atoms with Gasteiger partial charge in [0.1, 0.15) is 18.2 Å². The summed E-state index contributed by atoms with van der Waals surface area (Å²) < 4.78 is 5.40. The zero-order chi connectivity index (χ0) is 16.2. The molecule has 126 valence electrons. The number of ether oxygens (including phenoxy) is 1. The first-order valence-electron chi connectivity index (χ1n) is 8.35. The van der Waals surface area contributed by atoms with E-state index in [1.165, 1.54) is 6.33 Å². The summed E-state index contributed by atoms with van der Waals surface area (Å²) >= 11 is 0. The molecule has 1 atom stereocenters. The highest BCUT2D eigenvalue weighted by atomic mass is 16.5. The summed E-state index contributed by atoms with van der Waals surface area (Å²) in [5, 5.41) is 13.1. The zero-order valence-corrected chi connectivity index (χ0v) is 13.4. The predicted molar refractivity (Wildman–Crippen MR) is 85.3 cm³/mol. The lowest BCUT2D eigenvalue weighted by molar-refractivity contribution is -0.132. The van der Waals surface area contributed by atoms with Crippen LogP contribution < -0.4 is 15.0 Å². The topological polar surface area (TPSA) is 87.6 Å². The van der Waals surface area contributed by atoms with Crippen molar-refractivity contribution in [2.45, 2.75) is 44.8 Å². The lowest BCUT2D eigenvalue weighted by Crippen LogP contribution is -2.45. The van der Waals surface area contributed by atoms with Crippen LogP contribution in [0.1, 0.15) is 32.6 Å². The number of piperidine rings is 1. The molecule has 0 spiro atoms. The van der Waals surface area contributed by atoms with Crippen LogP contribution in [0.25, 0.3) is 0 Å². The number of aromatic nitrogens is 2. The lowest BCUT2D eigenvalue weighted by atomic mass is 9.90. The molecule has 0 radical (unpaired) electrons. The summed E-state index contributed by atoms with van der Waals surface area (Å²) in [6, 6.07) is 2.12. The van der Waals surface area contributed by atoms with Crippen LogP contribution in [0.15, 0.2) is 12.4 Å². The summed E-state index contributed by atoms with van der Waals surface area (Å²) in [5.74, 6) is 1.20. The molecule has 1 aliphatic carbocycles. The molecule has 3 rings (SSSR count). The Kier molecular flexibility index (Phi) is 4.95. The number of anilines is 1. The SMILES string of the molecule is CCOc1cc(N2CCC([C@H](O)C(=O)NC3CC3)CC2)ncn1. The number of rotatable bonds is 6. The fourth-order valence-electron chi connectivity index (χ4n) is 2.90. The van der Waals surface area contributed by atoms with Gasteiger partial charge in [-0.25, -0.2) is 9.97 Å². The van der Waals surface area contributed by atoms with Crippen LogP contribution in [-0.4, -0.2) is 52.8 Å². The van der Waals surface area contributed by atoms with Crippen LogP contribution in [0.3, 0.4) is 0 Å². The van der Waals surface area contributed by atoms with Gasteiger partial charge in [-0.15, -0.1) is 0 Å². The second-order valence-corrected chi connectivity index (χ2v) is 6.20. The molecule has 0 aromatic carbocycles. The fraction of sp³-hybridized carbons (Fsp3) is 0.688. The first-order valence-corrected chi connectivity index (χ1v) is 8.35. The predicted octanol–water partition coefficient (Wildman–Crippen LogP) is 0.731. The summed E-state index contributed by atoms with van der Waals surface area (Å²) in [4.78, 5) is 22.5. The standard InChI is InChI=1S/C16H24N4O3/c1-2-23-14-9-13(17-10-18-14)20-7-5-11(6-8-20)15(21)16(22)19-12-3-4-12/h9-12,15,21H,2-8H2,1H3,(H,19,22)/t15-/m0/s1. The van der Waals surface area contributed by atoms with Crippen LogP contribution in [0.4, 0.5) is 5.82 Å². The quantitative estimate of drug-likeness (QED) is 0.803. The summed E-state index contributed by atoms with van der Waals surface area (Å²) in [6.45, 7) is 4.02. The Morgan fingerprint density at radius 3 is 2.78 bits per heavy atom. The van der Waals surface area contributed by atoms with Gasteiger partial charge in [0, 0.05) is 25.2 Å². The molecule has 0 bridgehead atoms. The van der Waals surface area contributed by atoms with E-state index in [9.17, 15) is 9.90 Å². The van der Waals surface area contributed by atoms with Crippen LogP contribution in [-0.2, 0) is 4.79 Å². The van der Waals surface area contributed by atoms with Crippen LogP contribution in [0.5, 0.6) is 5.88 Å². The van der Waals surface area contributed by atoms with Gasteiger partial charge >= 0.3 is 0 Å². The van der Waals surface area contributed by atoms with Gasteiger partial charge in [-0.2, -0.15) is 0 Å². The molecule has 1 saturated carbocycles. The largest absolute Gasteiger partial charge is 0.478 e. The van der Waals surface area contributed by atoms with Crippen molar-refractivity contribution < 1.29 is 14.6 Å². The van der Waals surface area contributed by atoms with E-state index in [-0.39, 0.29) is 17.9 Å². The number of carbonyl (C=O) groups excluding carboxylic acids is 1. The number of carbonyl (C=O) groups is 1. The van der Waals surface area contributed by atoms with Gasteiger partial charge in [0.25, 0.3) is 0 Å². The molecule has 7 nitrogen and oxygen atoms in total. The molecule has 2 N–H and O–H groups in total. The van der Waals surface area contributed by atoms with E-state index in [4.69, 9.17) is 4.74 Å². The molecule has 1 saturated heterocycles. The molecule has 1 amide bonds. The third kappa shape index (κ3) is 4.10. The number of hydrogen-bond donors (Lipinski definition) is 2. The van der Waals surface area contributed by atoms with E-state index in [0.717, 1.165) is 44.6 Å².